The minimum absolute atomic E-state index is 0.175. The number of rotatable bonds is 9. The fourth-order valence-electron chi connectivity index (χ4n) is 2.86. The van der Waals surface area contributed by atoms with Crippen LogP contribution in [0.15, 0.2) is 54.6 Å². The highest BCUT2D eigenvalue weighted by Gasteiger charge is 2.11. The summed E-state index contributed by atoms with van der Waals surface area (Å²) in [7, 11) is 0. The topological polar surface area (TPSA) is 76.2 Å². The molecule has 6 nitrogen and oxygen atoms in total. The van der Waals surface area contributed by atoms with Crippen LogP contribution in [0.2, 0.25) is 0 Å². The van der Waals surface area contributed by atoms with Crippen molar-refractivity contribution in [1.82, 2.24) is 15.5 Å². The molecular formula is C22H25N3O3. The highest BCUT2D eigenvalue weighted by molar-refractivity contribution is 5.93. The Morgan fingerprint density at radius 2 is 1.75 bits per heavy atom. The molecule has 0 fully saturated rings. The third-order valence-corrected chi connectivity index (χ3v) is 4.20. The van der Waals surface area contributed by atoms with Gasteiger partial charge in [0.2, 0.25) is 0 Å². The second-order valence-electron chi connectivity index (χ2n) is 6.19. The van der Waals surface area contributed by atoms with Gasteiger partial charge in [0.1, 0.15) is 5.69 Å². The Balaban J connectivity index is 1.57. The average molecular weight is 379 g/mol. The van der Waals surface area contributed by atoms with E-state index < -0.39 is 0 Å². The Bertz CT molecular complexity index is 906. The quantitative estimate of drug-likeness (QED) is 0.592. The van der Waals surface area contributed by atoms with Crippen molar-refractivity contribution in [1.29, 1.82) is 0 Å². The largest absolute Gasteiger partial charge is 0.490 e. The van der Waals surface area contributed by atoms with E-state index in [4.69, 9.17) is 9.47 Å². The molecule has 1 aromatic heterocycles. The predicted molar refractivity (Wildman–Crippen MR) is 109 cm³/mol. The van der Waals surface area contributed by atoms with E-state index in [0.29, 0.717) is 31.9 Å². The Kier molecular flexibility index (Phi) is 6.68. The van der Waals surface area contributed by atoms with Crippen LogP contribution in [0.25, 0.3) is 11.3 Å². The van der Waals surface area contributed by atoms with E-state index in [2.05, 4.69) is 15.5 Å². The van der Waals surface area contributed by atoms with Crippen molar-refractivity contribution < 1.29 is 14.3 Å². The van der Waals surface area contributed by atoms with Crippen molar-refractivity contribution in [3.63, 3.8) is 0 Å². The van der Waals surface area contributed by atoms with E-state index >= 15 is 0 Å². The second kappa shape index (κ2) is 9.60. The molecule has 6 heteroatoms. The molecule has 28 heavy (non-hydrogen) atoms. The Labute approximate surface area is 164 Å². The maximum Gasteiger partial charge on any atom is 0.269 e. The standard InChI is InChI=1S/C22H25N3O3/c1-3-27-20-11-10-16(14-21(20)28-4-2)12-13-23-22(26)19-15-18(24-25-19)17-8-6-5-7-9-17/h5-11,14-15H,3-4,12-13H2,1-2H3,(H,23,26)(H,24,25). The van der Waals surface area contributed by atoms with Crippen LogP contribution in [-0.4, -0.2) is 35.9 Å². The molecule has 0 saturated heterocycles. The summed E-state index contributed by atoms with van der Waals surface area (Å²) in [6, 6.07) is 17.4. The number of hydrogen-bond donors (Lipinski definition) is 2. The first kappa shape index (κ1) is 19.5. The van der Waals surface area contributed by atoms with E-state index in [9.17, 15) is 4.79 Å². The first-order valence-electron chi connectivity index (χ1n) is 9.48. The van der Waals surface area contributed by atoms with E-state index in [0.717, 1.165) is 28.3 Å². The first-order valence-corrected chi connectivity index (χ1v) is 9.48. The van der Waals surface area contributed by atoms with Crippen LogP contribution < -0.4 is 14.8 Å². The zero-order valence-corrected chi connectivity index (χ0v) is 16.2. The third-order valence-electron chi connectivity index (χ3n) is 4.20. The van der Waals surface area contributed by atoms with Crippen LogP contribution in [0.1, 0.15) is 29.9 Å². The summed E-state index contributed by atoms with van der Waals surface area (Å²) in [5.41, 5.74) is 3.23. The number of carbonyl (C=O) groups excluding carboxylic acids is 1. The zero-order chi connectivity index (χ0) is 19.8. The number of amides is 1. The van der Waals surface area contributed by atoms with Gasteiger partial charge in [-0.25, -0.2) is 0 Å². The summed E-state index contributed by atoms with van der Waals surface area (Å²) >= 11 is 0. The summed E-state index contributed by atoms with van der Waals surface area (Å²) in [5.74, 6) is 1.29. The molecule has 2 N–H and O–H groups in total. The van der Waals surface area contributed by atoms with Crippen LogP contribution in [-0.2, 0) is 6.42 Å². The maximum absolute atomic E-state index is 12.4. The van der Waals surface area contributed by atoms with Gasteiger partial charge in [-0.15, -0.1) is 0 Å². The fourth-order valence-corrected chi connectivity index (χ4v) is 2.86. The molecule has 2 aromatic carbocycles. The van der Waals surface area contributed by atoms with Crippen LogP contribution in [0.5, 0.6) is 11.5 Å². The van der Waals surface area contributed by atoms with Gasteiger partial charge in [0.25, 0.3) is 5.91 Å². The molecule has 0 spiro atoms. The lowest BCUT2D eigenvalue weighted by Crippen LogP contribution is -2.26. The Morgan fingerprint density at radius 1 is 1.00 bits per heavy atom. The number of hydrogen-bond acceptors (Lipinski definition) is 4. The summed E-state index contributed by atoms with van der Waals surface area (Å²) in [5, 5.41) is 9.94. The first-order chi connectivity index (χ1) is 13.7. The number of nitrogens with one attached hydrogen (secondary N) is 2. The van der Waals surface area contributed by atoms with Gasteiger partial charge in [-0.2, -0.15) is 5.10 Å². The van der Waals surface area contributed by atoms with Gasteiger partial charge in [-0.1, -0.05) is 36.4 Å². The van der Waals surface area contributed by atoms with Crippen LogP contribution in [0.4, 0.5) is 0 Å². The van der Waals surface area contributed by atoms with Crippen molar-refractivity contribution >= 4 is 5.91 Å². The van der Waals surface area contributed by atoms with Crippen molar-refractivity contribution in [2.24, 2.45) is 0 Å². The molecule has 146 valence electrons. The predicted octanol–water partition coefficient (Wildman–Crippen LogP) is 3.85. The molecule has 0 radical (unpaired) electrons. The molecule has 0 aliphatic rings. The highest BCUT2D eigenvalue weighted by Crippen LogP contribution is 2.28. The second-order valence-corrected chi connectivity index (χ2v) is 6.19. The Morgan fingerprint density at radius 3 is 2.50 bits per heavy atom. The molecule has 3 aromatic rings. The highest BCUT2D eigenvalue weighted by atomic mass is 16.5. The van der Waals surface area contributed by atoms with Crippen LogP contribution >= 0.6 is 0 Å². The molecule has 0 bridgehead atoms. The van der Waals surface area contributed by atoms with Crippen molar-refractivity contribution in [3.05, 3.63) is 65.9 Å². The van der Waals surface area contributed by atoms with E-state index in [1.807, 2.05) is 62.4 Å². The van der Waals surface area contributed by atoms with Gasteiger partial charge in [0.15, 0.2) is 11.5 Å². The van der Waals surface area contributed by atoms with Crippen molar-refractivity contribution in [3.8, 4) is 22.8 Å². The van der Waals surface area contributed by atoms with E-state index in [-0.39, 0.29) is 5.91 Å². The van der Waals surface area contributed by atoms with Gasteiger partial charge in [0, 0.05) is 12.1 Å². The van der Waals surface area contributed by atoms with Gasteiger partial charge in [-0.05, 0) is 44.0 Å². The Hall–Kier alpha value is -3.28. The number of benzene rings is 2. The lowest BCUT2D eigenvalue weighted by Gasteiger charge is -2.12. The van der Waals surface area contributed by atoms with Gasteiger partial charge < -0.3 is 14.8 Å². The van der Waals surface area contributed by atoms with E-state index in [1.54, 1.807) is 6.07 Å². The average Bonchev–Trinajstić information content (AvgIpc) is 3.21. The van der Waals surface area contributed by atoms with Crippen LogP contribution in [0.3, 0.4) is 0 Å². The van der Waals surface area contributed by atoms with Gasteiger partial charge in [-0.3, -0.25) is 9.89 Å². The lowest BCUT2D eigenvalue weighted by atomic mass is 10.1. The fraction of sp³-hybridized carbons (Fsp3) is 0.273. The minimum Gasteiger partial charge on any atom is -0.490 e. The number of aromatic amines is 1. The van der Waals surface area contributed by atoms with Crippen molar-refractivity contribution in [2.45, 2.75) is 20.3 Å². The van der Waals surface area contributed by atoms with E-state index in [1.165, 1.54) is 0 Å². The SMILES string of the molecule is CCOc1ccc(CCNC(=O)c2cc(-c3ccccc3)n[nH]2)cc1OCC. The molecule has 0 saturated carbocycles. The third kappa shape index (κ3) is 4.91. The molecule has 1 heterocycles. The summed E-state index contributed by atoms with van der Waals surface area (Å²) < 4.78 is 11.2. The molecular weight excluding hydrogens is 354 g/mol. The summed E-state index contributed by atoms with van der Waals surface area (Å²) in [4.78, 5) is 12.4. The number of H-pyrrole nitrogens is 1. The maximum atomic E-state index is 12.4. The molecule has 0 unspecified atom stereocenters. The van der Waals surface area contributed by atoms with Gasteiger partial charge in [0.05, 0.1) is 18.9 Å². The van der Waals surface area contributed by atoms with Crippen molar-refractivity contribution in [2.75, 3.05) is 19.8 Å². The molecule has 0 aliphatic heterocycles. The van der Waals surface area contributed by atoms with Gasteiger partial charge >= 0.3 is 0 Å². The molecule has 3 rings (SSSR count). The molecule has 0 atom stereocenters. The summed E-state index contributed by atoms with van der Waals surface area (Å²) in [6.07, 6.45) is 0.692. The monoisotopic (exact) mass is 379 g/mol. The van der Waals surface area contributed by atoms with Crippen LogP contribution in [0, 0.1) is 0 Å². The number of carbonyl (C=O) groups is 1. The lowest BCUT2D eigenvalue weighted by molar-refractivity contribution is 0.0949. The smallest absolute Gasteiger partial charge is 0.269 e. The molecule has 1 amide bonds. The zero-order valence-electron chi connectivity index (χ0n) is 16.2. The summed E-state index contributed by atoms with van der Waals surface area (Å²) in [6.45, 7) is 5.56. The molecule has 0 aliphatic carbocycles. The normalized spacial score (nSPS) is 10.5. The number of nitrogens with zero attached hydrogens (tertiary/aromatic N) is 1. The number of aromatic nitrogens is 2. The minimum atomic E-state index is -0.175. The number of ether oxygens (including phenoxy) is 2.